The minimum Gasteiger partial charge on any atom is -0.451 e. The lowest BCUT2D eigenvalue weighted by Crippen LogP contribution is -2.48. The molecular weight excluding hydrogens is 306 g/mol. The molecule has 2 rings (SSSR count). The Morgan fingerprint density at radius 1 is 1.33 bits per heavy atom. The number of rotatable bonds is 6. The second-order valence-electron chi connectivity index (χ2n) is 6.07. The van der Waals surface area contributed by atoms with Gasteiger partial charge in [0.25, 0.3) is 5.91 Å². The van der Waals surface area contributed by atoms with Crippen molar-refractivity contribution in [3.05, 3.63) is 42.5 Å². The summed E-state index contributed by atoms with van der Waals surface area (Å²) >= 11 is 0. The van der Waals surface area contributed by atoms with Crippen LogP contribution >= 0.6 is 0 Å². The van der Waals surface area contributed by atoms with Crippen molar-refractivity contribution in [1.82, 2.24) is 0 Å². The molecule has 130 valence electrons. The lowest BCUT2D eigenvalue weighted by atomic mass is 9.96. The Morgan fingerprint density at radius 3 is 2.75 bits per heavy atom. The summed E-state index contributed by atoms with van der Waals surface area (Å²) in [4.78, 5) is 26.6. The van der Waals surface area contributed by atoms with Crippen LogP contribution in [0.25, 0.3) is 0 Å². The second-order valence-corrected chi connectivity index (χ2v) is 6.07. The van der Waals surface area contributed by atoms with Crippen LogP contribution in [0.1, 0.15) is 32.8 Å². The number of anilines is 1. The van der Waals surface area contributed by atoms with Gasteiger partial charge in [-0.05, 0) is 45.2 Å². The van der Waals surface area contributed by atoms with E-state index in [1.165, 1.54) is 0 Å². The molecule has 1 aromatic rings. The quantitative estimate of drug-likeness (QED) is 0.594. The Hall–Kier alpha value is -2.14. The third-order valence-electron chi connectivity index (χ3n) is 4.20. The molecule has 3 atom stereocenters. The van der Waals surface area contributed by atoms with Crippen molar-refractivity contribution in [2.75, 3.05) is 11.5 Å². The number of benzene rings is 1. The van der Waals surface area contributed by atoms with E-state index in [4.69, 9.17) is 9.47 Å². The smallest absolute Gasteiger partial charge is 0.335 e. The molecule has 1 heterocycles. The molecule has 0 bridgehead atoms. The molecule has 24 heavy (non-hydrogen) atoms. The normalized spacial score (nSPS) is 19.1. The average molecular weight is 331 g/mol. The van der Waals surface area contributed by atoms with Crippen LogP contribution in [0, 0.1) is 0 Å². The Bertz CT molecular complexity index is 613. The zero-order chi connectivity index (χ0) is 17.7. The van der Waals surface area contributed by atoms with Crippen molar-refractivity contribution < 1.29 is 19.1 Å². The Morgan fingerprint density at radius 2 is 2.04 bits per heavy atom. The lowest BCUT2D eigenvalue weighted by Gasteiger charge is -2.36. The van der Waals surface area contributed by atoms with E-state index < -0.39 is 18.2 Å². The summed E-state index contributed by atoms with van der Waals surface area (Å²) in [6.45, 7) is 9.01. The van der Waals surface area contributed by atoms with Gasteiger partial charge >= 0.3 is 5.97 Å². The molecule has 1 aromatic carbocycles. The summed E-state index contributed by atoms with van der Waals surface area (Å²) in [5.41, 5.74) is 2.05. The predicted octanol–water partition coefficient (Wildman–Crippen LogP) is 2.88. The number of aryl methyl sites for hydroxylation is 1. The van der Waals surface area contributed by atoms with E-state index >= 15 is 0 Å². The van der Waals surface area contributed by atoms with Gasteiger partial charge in [-0.1, -0.05) is 24.3 Å². The maximum absolute atomic E-state index is 12.8. The minimum absolute atomic E-state index is 0.0722. The highest BCUT2D eigenvalue weighted by Crippen LogP contribution is 2.31. The monoisotopic (exact) mass is 331 g/mol. The Labute approximate surface area is 143 Å². The van der Waals surface area contributed by atoms with Gasteiger partial charge in [0.15, 0.2) is 12.2 Å². The molecular formula is C19H25NO4. The van der Waals surface area contributed by atoms with Crippen molar-refractivity contribution in [2.45, 2.75) is 51.9 Å². The van der Waals surface area contributed by atoms with Gasteiger partial charge in [-0.2, -0.15) is 0 Å². The predicted molar refractivity (Wildman–Crippen MR) is 92.9 cm³/mol. The summed E-state index contributed by atoms with van der Waals surface area (Å²) in [6, 6.07) is 7.93. The molecule has 0 radical (unpaired) electrons. The van der Waals surface area contributed by atoms with Crippen LogP contribution in [0.15, 0.2) is 36.9 Å². The Kier molecular flexibility index (Phi) is 6.15. The Balaban J connectivity index is 2.07. The van der Waals surface area contributed by atoms with Crippen molar-refractivity contribution in [1.29, 1.82) is 0 Å². The second kappa shape index (κ2) is 8.11. The highest BCUT2D eigenvalue weighted by molar-refractivity contribution is 5.99. The van der Waals surface area contributed by atoms with Gasteiger partial charge in [0.2, 0.25) is 0 Å². The fourth-order valence-corrected chi connectivity index (χ4v) is 2.82. The SMILES string of the molecule is C=CCOC(C)C(=O)OC(C)C(=O)N1c2ccccc2CCC1C. The fraction of sp³-hybridized carbons (Fsp3) is 0.474. The van der Waals surface area contributed by atoms with Gasteiger partial charge < -0.3 is 14.4 Å². The molecule has 0 saturated heterocycles. The molecule has 0 N–H and O–H groups in total. The number of esters is 1. The van der Waals surface area contributed by atoms with E-state index in [9.17, 15) is 9.59 Å². The first kappa shape index (κ1) is 18.2. The van der Waals surface area contributed by atoms with E-state index in [2.05, 4.69) is 6.58 Å². The number of para-hydroxylation sites is 1. The van der Waals surface area contributed by atoms with Crippen LogP contribution < -0.4 is 4.90 Å². The first-order valence-electron chi connectivity index (χ1n) is 8.29. The minimum atomic E-state index is -0.860. The van der Waals surface area contributed by atoms with Gasteiger partial charge in [-0.25, -0.2) is 4.79 Å². The van der Waals surface area contributed by atoms with Crippen LogP contribution in [0.2, 0.25) is 0 Å². The summed E-state index contributed by atoms with van der Waals surface area (Å²) in [6.07, 6.45) is 1.81. The molecule has 1 amide bonds. The number of amides is 1. The van der Waals surface area contributed by atoms with Crippen LogP contribution in [0.3, 0.4) is 0 Å². The number of carbonyl (C=O) groups is 2. The third-order valence-corrected chi connectivity index (χ3v) is 4.20. The third kappa shape index (κ3) is 4.03. The zero-order valence-corrected chi connectivity index (χ0v) is 14.5. The summed E-state index contributed by atoms with van der Waals surface area (Å²) < 4.78 is 10.5. The molecule has 0 saturated carbocycles. The maximum Gasteiger partial charge on any atom is 0.335 e. The van der Waals surface area contributed by atoms with Gasteiger partial charge in [0.1, 0.15) is 0 Å². The molecule has 3 unspecified atom stereocenters. The average Bonchev–Trinajstić information content (AvgIpc) is 2.58. The first-order chi connectivity index (χ1) is 11.5. The number of carbonyl (C=O) groups excluding carboxylic acids is 2. The van der Waals surface area contributed by atoms with E-state index in [0.717, 1.165) is 24.1 Å². The molecule has 0 aromatic heterocycles. The van der Waals surface area contributed by atoms with Crippen molar-refractivity contribution in [3.63, 3.8) is 0 Å². The van der Waals surface area contributed by atoms with Crippen molar-refractivity contribution in [3.8, 4) is 0 Å². The first-order valence-corrected chi connectivity index (χ1v) is 8.29. The maximum atomic E-state index is 12.8. The van der Waals surface area contributed by atoms with E-state index in [1.54, 1.807) is 24.8 Å². The number of hydrogen-bond acceptors (Lipinski definition) is 4. The molecule has 1 aliphatic rings. The van der Waals surface area contributed by atoms with Gasteiger partial charge in [-0.15, -0.1) is 6.58 Å². The number of ether oxygens (including phenoxy) is 2. The van der Waals surface area contributed by atoms with Crippen LogP contribution in [-0.2, 0) is 25.5 Å². The highest BCUT2D eigenvalue weighted by atomic mass is 16.6. The van der Waals surface area contributed by atoms with Gasteiger partial charge in [0, 0.05) is 11.7 Å². The highest BCUT2D eigenvalue weighted by Gasteiger charge is 2.33. The van der Waals surface area contributed by atoms with Gasteiger partial charge in [0.05, 0.1) is 6.61 Å². The van der Waals surface area contributed by atoms with Crippen molar-refractivity contribution in [2.24, 2.45) is 0 Å². The lowest BCUT2D eigenvalue weighted by molar-refractivity contribution is -0.163. The van der Waals surface area contributed by atoms with Crippen LogP contribution in [0.5, 0.6) is 0 Å². The summed E-state index contributed by atoms with van der Waals surface area (Å²) in [5, 5.41) is 0. The molecule has 5 heteroatoms. The number of fused-ring (bicyclic) bond motifs is 1. The van der Waals surface area contributed by atoms with E-state index in [0.29, 0.717) is 0 Å². The molecule has 1 aliphatic heterocycles. The molecule has 0 spiro atoms. The fourth-order valence-electron chi connectivity index (χ4n) is 2.82. The topological polar surface area (TPSA) is 55.8 Å². The van der Waals surface area contributed by atoms with E-state index in [-0.39, 0.29) is 18.6 Å². The van der Waals surface area contributed by atoms with Gasteiger partial charge in [-0.3, -0.25) is 4.79 Å². The standard InChI is InChI=1S/C19H25NO4/c1-5-12-23-15(4)19(22)24-14(3)18(21)20-13(2)10-11-16-8-6-7-9-17(16)20/h5-9,13-15H,1,10-12H2,2-4H3. The van der Waals surface area contributed by atoms with Crippen molar-refractivity contribution >= 4 is 17.6 Å². The molecule has 5 nitrogen and oxygen atoms in total. The largest absolute Gasteiger partial charge is 0.451 e. The number of nitrogens with zero attached hydrogens (tertiary/aromatic N) is 1. The number of hydrogen-bond donors (Lipinski definition) is 0. The van der Waals surface area contributed by atoms with E-state index in [1.807, 2.05) is 31.2 Å². The van der Waals surface area contributed by atoms with Crippen LogP contribution in [-0.4, -0.2) is 36.7 Å². The summed E-state index contributed by atoms with van der Waals surface area (Å²) in [7, 11) is 0. The summed E-state index contributed by atoms with van der Waals surface area (Å²) in [5.74, 6) is -0.755. The van der Waals surface area contributed by atoms with Crippen LogP contribution in [0.4, 0.5) is 5.69 Å². The molecule has 0 fully saturated rings. The zero-order valence-electron chi connectivity index (χ0n) is 14.5. The molecule has 0 aliphatic carbocycles.